The van der Waals surface area contributed by atoms with Gasteiger partial charge < -0.3 is 9.84 Å². The number of rotatable bonds is 5. The molecule has 7 heteroatoms. The van der Waals surface area contributed by atoms with Gasteiger partial charge in [0.05, 0.1) is 12.6 Å². The minimum atomic E-state index is -0.296. The standard InChI is InChI=1S/C21H27FN4O2/c22-16-11-9-15(10-12-16)20-24-21(28-25-20)18-8-4-5-13-26(18)14-19(27)23-17-6-2-1-3-7-17/h9-12,17-18H,1-8,13-14H2,(H,23,27). The molecule has 0 radical (unpaired) electrons. The Morgan fingerprint density at radius 2 is 1.86 bits per heavy atom. The largest absolute Gasteiger partial charge is 0.352 e. The number of carbonyl (C=O) groups is 1. The summed E-state index contributed by atoms with van der Waals surface area (Å²) in [4.78, 5) is 19.2. The summed E-state index contributed by atoms with van der Waals surface area (Å²) in [6.45, 7) is 1.20. The number of likely N-dealkylation sites (tertiary alicyclic amines) is 1. The summed E-state index contributed by atoms with van der Waals surface area (Å²) in [5, 5.41) is 7.25. The van der Waals surface area contributed by atoms with Crippen molar-refractivity contribution in [1.29, 1.82) is 0 Å². The van der Waals surface area contributed by atoms with Gasteiger partial charge in [0.15, 0.2) is 0 Å². The lowest BCUT2D eigenvalue weighted by Gasteiger charge is -2.33. The third-order valence-corrected chi connectivity index (χ3v) is 5.76. The van der Waals surface area contributed by atoms with Crippen molar-refractivity contribution in [2.75, 3.05) is 13.1 Å². The van der Waals surface area contributed by atoms with E-state index in [0.717, 1.165) is 38.6 Å². The van der Waals surface area contributed by atoms with Crippen LogP contribution in [0.1, 0.15) is 63.3 Å². The molecule has 2 aliphatic rings. The maximum Gasteiger partial charge on any atom is 0.244 e. The lowest BCUT2D eigenvalue weighted by atomic mass is 9.95. The Morgan fingerprint density at radius 1 is 1.11 bits per heavy atom. The molecule has 0 bridgehead atoms. The van der Waals surface area contributed by atoms with Crippen molar-refractivity contribution in [1.82, 2.24) is 20.4 Å². The van der Waals surface area contributed by atoms with Crippen LogP contribution >= 0.6 is 0 Å². The van der Waals surface area contributed by atoms with Gasteiger partial charge in [-0.05, 0) is 56.5 Å². The zero-order valence-electron chi connectivity index (χ0n) is 16.1. The summed E-state index contributed by atoms with van der Waals surface area (Å²) in [5.74, 6) is 0.767. The fraction of sp³-hybridized carbons (Fsp3) is 0.571. The zero-order chi connectivity index (χ0) is 19.3. The summed E-state index contributed by atoms with van der Waals surface area (Å²) in [6, 6.07) is 6.31. The lowest BCUT2D eigenvalue weighted by molar-refractivity contribution is -0.124. The highest BCUT2D eigenvalue weighted by atomic mass is 19.1. The number of benzene rings is 1. The van der Waals surface area contributed by atoms with Crippen LogP contribution in [0.4, 0.5) is 4.39 Å². The van der Waals surface area contributed by atoms with Crippen LogP contribution in [0.15, 0.2) is 28.8 Å². The van der Waals surface area contributed by atoms with Crippen molar-refractivity contribution in [2.24, 2.45) is 0 Å². The summed E-state index contributed by atoms with van der Waals surface area (Å²) < 4.78 is 18.7. The highest BCUT2D eigenvalue weighted by Gasteiger charge is 2.30. The Hall–Kier alpha value is -2.28. The molecular formula is C21H27FN4O2. The molecule has 150 valence electrons. The van der Waals surface area contributed by atoms with E-state index in [1.165, 1.54) is 31.4 Å². The van der Waals surface area contributed by atoms with Gasteiger partial charge in [-0.25, -0.2) is 4.39 Å². The molecule has 1 aromatic carbocycles. The Bertz CT molecular complexity index is 786. The van der Waals surface area contributed by atoms with Crippen LogP contribution in [0.25, 0.3) is 11.4 Å². The Balaban J connectivity index is 1.42. The van der Waals surface area contributed by atoms with E-state index in [4.69, 9.17) is 4.52 Å². The van der Waals surface area contributed by atoms with Crippen molar-refractivity contribution >= 4 is 5.91 Å². The van der Waals surface area contributed by atoms with Gasteiger partial charge in [-0.3, -0.25) is 9.69 Å². The molecule has 1 N–H and O–H groups in total. The third kappa shape index (κ3) is 4.58. The van der Waals surface area contributed by atoms with E-state index in [2.05, 4.69) is 20.4 Å². The van der Waals surface area contributed by atoms with E-state index in [1.54, 1.807) is 12.1 Å². The molecule has 28 heavy (non-hydrogen) atoms. The van der Waals surface area contributed by atoms with Crippen LogP contribution in [-0.2, 0) is 4.79 Å². The molecule has 1 saturated heterocycles. The Morgan fingerprint density at radius 3 is 2.64 bits per heavy atom. The van der Waals surface area contributed by atoms with Crippen molar-refractivity contribution in [2.45, 2.75) is 63.5 Å². The molecule has 2 aromatic rings. The molecule has 1 aliphatic carbocycles. The second-order valence-electron chi connectivity index (χ2n) is 7.85. The van der Waals surface area contributed by atoms with Crippen molar-refractivity contribution in [3.63, 3.8) is 0 Å². The summed E-state index contributed by atoms with van der Waals surface area (Å²) >= 11 is 0. The number of aromatic nitrogens is 2. The molecule has 4 rings (SSSR count). The van der Waals surface area contributed by atoms with Crippen molar-refractivity contribution < 1.29 is 13.7 Å². The number of carbonyl (C=O) groups excluding carboxylic acids is 1. The topological polar surface area (TPSA) is 71.3 Å². The molecule has 1 aliphatic heterocycles. The molecule has 2 fully saturated rings. The molecule has 6 nitrogen and oxygen atoms in total. The minimum absolute atomic E-state index is 0.0486. The SMILES string of the molecule is O=C(CN1CCCCC1c1nc(-c2ccc(F)cc2)no1)NC1CCCCC1. The van der Waals surface area contributed by atoms with Crippen molar-refractivity contribution in [3.05, 3.63) is 36.0 Å². The molecule has 1 atom stereocenters. The van der Waals surface area contributed by atoms with Gasteiger partial charge in [-0.2, -0.15) is 4.98 Å². The average molecular weight is 386 g/mol. The van der Waals surface area contributed by atoms with Gasteiger partial charge in [0.25, 0.3) is 0 Å². The number of piperidine rings is 1. The second-order valence-corrected chi connectivity index (χ2v) is 7.85. The summed E-state index contributed by atoms with van der Waals surface area (Å²) in [7, 11) is 0. The first kappa shape index (κ1) is 19.1. The van der Waals surface area contributed by atoms with E-state index in [0.29, 0.717) is 29.9 Å². The number of hydrogen-bond acceptors (Lipinski definition) is 5. The van der Waals surface area contributed by atoms with Crippen LogP contribution in [0, 0.1) is 5.82 Å². The number of halogens is 1. The maximum absolute atomic E-state index is 13.1. The highest BCUT2D eigenvalue weighted by molar-refractivity contribution is 5.78. The van der Waals surface area contributed by atoms with Gasteiger partial charge in [0.1, 0.15) is 5.82 Å². The van der Waals surface area contributed by atoms with E-state index in [9.17, 15) is 9.18 Å². The minimum Gasteiger partial charge on any atom is -0.352 e. The van der Waals surface area contributed by atoms with Crippen LogP contribution in [0.2, 0.25) is 0 Å². The highest BCUT2D eigenvalue weighted by Crippen LogP contribution is 2.31. The summed E-state index contributed by atoms with van der Waals surface area (Å²) in [6.07, 6.45) is 8.86. The number of nitrogens with zero attached hydrogens (tertiary/aromatic N) is 3. The summed E-state index contributed by atoms with van der Waals surface area (Å²) in [5.41, 5.74) is 0.716. The number of nitrogens with one attached hydrogen (secondary N) is 1. The van der Waals surface area contributed by atoms with Crippen LogP contribution in [0.3, 0.4) is 0 Å². The second kappa shape index (κ2) is 8.82. The zero-order valence-corrected chi connectivity index (χ0v) is 16.1. The van der Waals surface area contributed by atoms with E-state index in [1.807, 2.05) is 0 Å². The fourth-order valence-corrected chi connectivity index (χ4v) is 4.25. The predicted molar refractivity (Wildman–Crippen MR) is 103 cm³/mol. The molecule has 1 aromatic heterocycles. The Labute approximate surface area is 164 Å². The quantitative estimate of drug-likeness (QED) is 0.845. The molecular weight excluding hydrogens is 359 g/mol. The van der Waals surface area contributed by atoms with Crippen LogP contribution in [0.5, 0.6) is 0 Å². The molecule has 0 spiro atoms. The lowest BCUT2D eigenvalue weighted by Crippen LogP contribution is -2.45. The first-order valence-corrected chi connectivity index (χ1v) is 10.3. The third-order valence-electron chi connectivity index (χ3n) is 5.76. The van der Waals surface area contributed by atoms with Gasteiger partial charge in [-0.15, -0.1) is 0 Å². The number of amides is 1. The van der Waals surface area contributed by atoms with Gasteiger partial charge in [0, 0.05) is 11.6 Å². The predicted octanol–water partition coefficient (Wildman–Crippen LogP) is 3.85. The van der Waals surface area contributed by atoms with Gasteiger partial charge >= 0.3 is 0 Å². The van der Waals surface area contributed by atoms with E-state index < -0.39 is 0 Å². The normalized spacial score (nSPS) is 21.5. The molecule has 1 unspecified atom stereocenters. The van der Waals surface area contributed by atoms with Crippen LogP contribution < -0.4 is 5.32 Å². The van der Waals surface area contributed by atoms with E-state index in [-0.39, 0.29) is 17.8 Å². The van der Waals surface area contributed by atoms with Gasteiger partial charge in [-0.1, -0.05) is 30.8 Å². The fourth-order valence-electron chi connectivity index (χ4n) is 4.25. The van der Waals surface area contributed by atoms with E-state index >= 15 is 0 Å². The monoisotopic (exact) mass is 386 g/mol. The van der Waals surface area contributed by atoms with Crippen LogP contribution in [-0.4, -0.2) is 40.1 Å². The molecule has 1 saturated carbocycles. The average Bonchev–Trinajstić information content (AvgIpc) is 3.19. The number of hydrogen-bond donors (Lipinski definition) is 1. The van der Waals surface area contributed by atoms with Crippen molar-refractivity contribution in [3.8, 4) is 11.4 Å². The van der Waals surface area contributed by atoms with Gasteiger partial charge in [0.2, 0.25) is 17.6 Å². The molecule has 2 heterocycles. The first-order valence-electron chi connectivity index (χ1n) is 10.3. The first-order chi connectivity index (χ1) is 13.7. The maximum atomic E-state index is 13.1. The Kier molecular flexibility index (Phi) is 6.00. The molecule has 1 amide bonds. The smallest absolute Gasteiger partial charge is 0.244 e.